The molecule has 0 atom stereocenters. The summed E-state index contributed by atoms with van der Waals surface area (Å²) in [6, 6.07) is 10.3. The second-order valence-corrected chi connectivity index (χ2v) is 4.72. The van der Waals surface area contributed by atoms with E-state index in [4.69, 9.17) is 5.73 Å². The van der Waals surface area contributed by atoms with E-state index in [1.54, 1.807) is 18.2 Å². The van der Waals surface area contributed by atoms with Crippen LogP contribution in [0.3, 0.4) is 0 Å². The molecular weight excluding hydrogens is 255 g/mol. The highest BCUT2D eigenvalue weighted by Gasteiger charge is 2.09. The molecule has 0 radical (unpaired) electrons. The Balaban J connectivity index is 2.28. The molecule has 0 aliphatic carbocycles. The topological polar surface area (TPSA) is 69.2 Å². The molecule has 4 nitrogen and oxygen atoms in total. The molecule has 2 rings (SSSR count). The molecule has 92 valence electrons. The highest BCUT2D eigenvalue weighted by Crippen LogP contribution is 2.32. The monoisotopic (exact) mass is 264 g/mol. The second kappa shape index (κ2) is 5.05. The number of non-ortho nitro benzene ring substituents is 1. The maximum Gasteiger partial charge on any atom is 0.272 e. The lowest BCUT2D eigenvalue weighted by Crippen LogP contribution is -1.92. The standard InChI is InChI=1S/C12H9FN2O2S/c13-8-1-3-11(4-2-8)18-12-6-9(14)5-10(7-12)15(16)17/h1-7H,14H2. The predicted molar refractivity (Wildman–Crippen MR) is 68.0 cm³/mol. The van der Waals surface area contributed by atoms with E-state index in [0.717, 1.165) is 4.90 Å². The minimum absolute atomic E-state index is 0.0559. The van der Waals surface area contributed by atoms with Gasteiger partial charge in [-0.25, -0.2) is 4.39 Å². The van der Waals surface area contributed by atoms with Gasteiger partial charge < -0.3 is 5.73 Å². The van der Waals surface area contributed by atoms with Crippen LogP contribution in [0, 0.1) is 15.9 Å². The van der Waals surface area contributed by atoms with Gasteiger partial charge in [0.2, 0.25) is 0 Å². The van der Waals surface area contributed by atoms with Crippen molar-refractivity contribution in [3.63, 3.8) is 0 Å². The molecule has 0 saturated heterocycles. The van der Waals surface area contributed by atoms with Crippen molar-refractivity contribution in [2.24, 2.45) is 0 Å². The van der Waals surface area contributed by atoms with Gasteiger partial charge in [-0.2, -0.15) is 0 Å². The largest absolute Gasteiger partial charge is 0.398 e. The molecule has 6 heteroatoms. The van der Waals surface area contributed by atoms with Gasteiger partial charge in [-0.15, -0.1) is 0 Å². The van der Waals surface area contributed by atoms with Crippen molar-refractivity contribution in [2.45, 2.75) is 9.79 Å². The van der Waals surface area contributed by atoms with Crippen molar-refractivity contribution in [2.75, 3.05) is 5.73 Å². The molecule has 0 spiro atoms. The zero-order valence-electron chi connectivity index (χ0n) is 9.17. The number of nitrogens with two attached hydrogens (primary N) is 1. The minimum atomic E-state index is -0.495. The molecule has 0 unspecified atom stereocenters. The third-order valence-electron chi connectivity index (χ3n) is 2.17. The number of rotatable bonds is 3. The number of hydrogen-bond donors (Lipinski definition) is 1. The number of anilines is 1. The van der Waals surface area contributed by atoms with Crippen LogP contribution < -0.4 is 5.73 Å². The van der Waals surface area contributed by atoms with E-state index in [9.17, 15) is 14.5 Å². The number of hydrogen-bond acceptors (Lipinski definition) is 4. The van der Waals surface area contributed by atoms with E-state index >= 15 is 0 Å². The first-order chi connectivity index (χ1) is 8.54. The summed E-state index contributed by atoms with van der Waals surface area (Å²) >= 11 is 1.29. The fourth-order valence-electron chi connectivity index (χ4n) is 1.41. The van der Waals surface area contributed by atoms with E-state index < -0.39 is 4.92 Å². The molecule has 0 heterocycles. The average Bonchev–Trinajstić information content (AvgIpc) is 2.31. The van der Waals surface area contributed by atoms with Gasteiger partial charge in [-0.05, 0) is 30.3 Å². The van der Waals surface area contributed by atoms with Gasteiger partial charge in [-0.3, -0.25) is 10.1 Å². The Kier molecular flexibility index (Phi) is 3.47. The molecule has 0 aromatic heterocycles. The molecule has 0 aliphatic heterocycles. The molecular formula is C12H9FN2O2S. The Morgan fingerprint density at radius 2 is 1.78 bits per heavy atom. The van der Waals surface area contributed by atoms with Gasteiger partial charge in [-0.1, -0.05) is 11.8 Å². The van der Waals surface area contributed by atoms with Gasteiger partial charge in [0.25, 0.3) is 5.69 Å². The first-order valence-corrected chi connectivity index (χ1v) is 5.84. The van der Waals surface area contributed by atoms with Crippen LogP contribution >= 0.6 is 11.8 Å². The summed E-state index contributed by atoms with van der Waals surface area (Å²) in [6.45, 7) is 0. The molecule has 0 bridgehead atoms. The summed E-state index contributed by atoms with van der Waals surface area (Å²) in [4.78, 5) is 11.6. The minimum Gasteiger partial charge on any atom is -0.398 e. The Hall–Kier alpha value is -2.08. The van der Waals surface area contributed by atoms with Crippen LogP contribution in [-0.2, 0) is 0 Å². The van der Waals surface area contributed by atoms with Crippen molar-refractivity contribution in [3.05, 3.63) is 58.4 Å². The summed E-state index contributed by atoms with van der Waals surface area (Å²) in [5.41, 5.74) is 5.87. The summed E-state index contributed by atoms with van der Waals surface area (Å²) < 4.78 is 12.7. The lowest BCUT2D eigenvalue weighted by Gasteiger charge is -2.03. The van der Waals surface area contributed by atoms with Gasteiger partial charge in [0, 0.05) is 27.6 Å². The van der Waals surface area contributed by atoms with Crippen molar-refractivity contribution in [1.82, 2.24) is 0 Å². The molecule has 2 aromatic rings. The number of nitro benzene ring substituents is 1. The van der Waals surface area contributed by atoms with Gasteiger partial charge in [0.05, 0.1) is 4.92 Å². The van der Waals surface area contributed by atoms with Crippen molar-refractivity contribution in [1.29, 1.82) is 0 Å². The second-order valence-electron chi connectivity index (χ2n) is 3.57. The van der Waals surface area contributed by atoms with Crippen LogP contribution in [-0.4, -0.2) is 4.92 Å². The van der Waals surface area contributed by atoms with Gasteiger partial charge >= 0.3 is 0 Å². The number of benzene rings is 2. The molecule has 2 aromatic carbocycles. The van der Waals surface area contributed by atoms with Crippen LogP contribution in [0.2, 0.25) is 0 Å². The highest BCUT2D eigenvalue weighted by molar-refractivity contribution is 7.99. The van der Waals surface area contributed by atoms with E-state index in [0.29, 0.717) is 10.6 Å². The zero-order chi connectivity index (χ0) is 13.1. The molecule has 0 aliphatic rings. The Morgan fingerprint density at radius 1 is 1.11 bits per heavy atom. The third-order valence-corrected chi connectivity index (χ3v) is 3.15. The lowest BCUT2D eigenvalue weighted by atomic mass is 10.3. The maximum atomic E-state index is 12.7. The van der Waals surface area contributed by atoms with Gasteiger partial charge in [0.1, 0.15) is 5.82 Å². The predicted octanol–water partition coefficient (Wildman–Crippen LogP) is 3.47. The van der Waals surface area contributed by atoms with Crippen LogP contribution in [0.15, 0.2) is 52.3 Å². The molecule has 18 heavy (non-hydrogen) atoms. The van der Waals surface area contributed by atoms with E-state index in [2.05, 4.69) is 0 Å². The average molecular weight is 264 g/mol. The quantitative estimate of drug-likeness (QED) is 0.523. The Morgan fingerprint density at radius 3 is 2.39 bits per heavy atom. The fraction of sp³-hybridized carbons (Fsp3) is 0. The van der Waals surface area contributed by atoms with Gasteiger partial charge in [0.15, 0.2) is 0 Å². The summed E-state index contributed by atoms with van der Waals surface area (Å²) in [5.74, 6) is -0.321. The number of nitrogens with zero attached hydrogens (tertiary/aromatic N) is 1. The van der Waals surface area contributed by atoms with E-state index in [1.807, 2.05) is 0 Å². The number of halogens is 1. The Bertz CT molecular complexity index is 587. The van der Waals surface area contributed by atoms with Crippen LogP contribution in [0.4, 0.5) is 15.8 Å². The summed E-state index contributed by atoms with van der Waals surface area (Å²) in [5, 5.41) is 10.7. The third kappa shape index (κ3) is 2.98. The van der Waals surface area contributed by atoms with Crippen molar-refractivity contribution in [3.8, 4) is 0 Å². The van der Waals surface area contributed by atoms with Crippen LogP contribution in [0.1, 0.15) is 0 Å². The first-order valence-electron chi connectivity index (χ1n) is 5.03. The van der Waals surface area contributed by atoms with Crippen molar-refractivity contribution < 1.29 is 9.31 Å². The maximum absolute atomic E-state index is 12.7. The molecule has 0 fully saturated rings. The summed E-state index contributed by atoms with van der Waals surface area (Å²) in [7, 11) is 0. The SMILES string of the molecule is Nc1cc(Sc2ccc(F)cc2)cc([N+](=O)[O-])c1. The van der Waals surface area contributed by atoms with E-state index in [1.165, 1.54) is 36.0 Å². The lowest BCUT2D eigenvalue weighted by molar-refractivity contribution is -0.385. The van der Waals surface area contributed by atoms with Crippen LogP contribution in [0.25, 0.3) is 0 Å². The summed E-state index contributed by atoms with van der Waals surface area (Å²) in [6.07, 6.45) is 0. The zero-order valence-corrected chi connectivity index (χ0v) is 9.99. The Labute approximate surface area is 107 Å². The fourth-order valence-corrected chi connectivity index (χ4v) is 2.33. The number of nitro groups is 1. The van der Waals surface area contributed by atoms with E-state index in [-0.39, 0.29) is 11.5 Å². The molecule has 2 N–H and O–H groups in total. The smallest absolute Gasteiger partial charge is 0.272 e. The normalized spacial score (nSPS) is 10.3. The molecule has 0 amide bonds. The number of nitrogen functional groups attached to an aromatic ring is 1. The first kappa shape index (κ1) is 12.4. The molecule has 0 saturated carbocycles. The highest BCUT2D eigenvalue weighted by atomic mass is 32.2. The van der Waals surface area contributed by atoms with Crippen LogP contribution in [0.5, 0.6) is 0 Å². The van der Waals surface area contributed by atoms with Crippen molar-refractivity contribution >= 4 is 23.1 Å².